The smallest absolute Gasteiger partial charge is 0.397 e. The molecule has 0 saturated carbocycles. The van der Waals surface area contributed by atoms with Crippen LogP contribution in [0.3, 0.4) is 0 Å². The Bertz CT molecular complexity index is 375. The molecule has 0 fully saturated rings. The van der Waals surface area contributed by atoms with Crippen LogP contribution in [0.15, 0.2) is 18.2 Å². The summed E-state index contributed by atoms with van der Waals surface area (Å²) < 4.78 is 43.5. The van der Waals surface area contributed by atoms with Gasteiger partial charge in [0.15, 0.2) is 0 Å². The number of hydrogen-bond donors (Lipinski definition) is 1. The van der Waals surface area contributed by atoms with Crippen molar-refractivity contribution >= 4 is 0 Å². The highest BCUT2D eigenvalue weighted by molar-refractivity contribution is 5.45. The third kappa shape index (κ3) is 1.87. The lowest BCUT2D eigenvalue weighted by Crippen LogP contribution is -2.36. The zero-order valence-electron chi connectivity index (χ0n) is 8.77. The van der Waals surface area contributed by atoms with Gasteiger partial charge in [0.25, 0.3) is 0 Å². The van der Waals surface area contributed by atoms with Crippen molar-refractivity contribution in [2.75, 3.05) is 13.7 Å². The molecule has 0 spiro atoms. The molecule has 2 rings (SSSR count). The molecular formula is C11H12F3NO. The van der Waals surface area contributed by atoms with Crippen LogP contribution in [-0.4, -0.2) is 19.8 Å². The minimum Gasteiger partial charge on any atom is -0.496 e. The third-order valence-electron chi connectivity index (χ3n) is 2.78. The molecule has 1 aliphatic heterocycles. The summed E-state index contributed by atoms with van der Waals surface area (Å²) in [5, 5.41) is 2.77. The van der Waals surface area contributed by atoms with Gasteiger partial charge in [-0.2, -0.15) is 13.2 Å². The van der Waals surface area contributed by atoms with Crippen molar-refractivity contribution in [2.45, 2.75) is 18.6 Å². The summed E-state index contributed by atoms with van der Waals surface area (Å²) in [5.41, 5.74) is 0.934. The third-order valence-corrected chi connectivity index (χ3v) is 2.78. The Hall–Kier alpha value is -1.23. The first-order valence-electron chi connectivity index (χ1n) is 4.97. The van der Waals surface area contributed by atoms with Gasteiger partial charge in [0.05, 0.1) is 13.0 Å². The molecule has 5 heteroatoms. The molecule has 1 atom stereocenters. The fourth-order valence-electron chi connectivity index (χ4n) is 2.05. The first-order chi connectivity index (χ1) is 7.54. The molecule has 88 valence electrons. The van der Waals surface area contributed by atoms with Crippen molar-refractivity contribution in [3.63, 3.8) is 0 Å². The maximum Gasteiger partial charge on any atom is 0.397 e. The van der Waals surface area contributed by atoms with Gasteiger partial charge in [-0.05, 0) is 11.6 Å². The molecule has 1 N–H and O–H groups in total. The fourth-order valence-corrected chi connectivity index (χ4v) is 2.05. The van der Waals surface area contributed by atoms with Gasteiger partial charge < -0.3 is 10.1 Å². The van der Waals surface area contributed by atoms with E-state index in [-0.39, 0.29) is 12.1 Å². The number of methoxy groups -OCH3 is 1. The largest absolute Gasteiger partial charge is 0.496 e. The van der Waals surface area contributed by atoms with E-state index in [1.165, 1.54) is 7.11 Å². The predicted octanol–water partition coefficient (Wildman–Crippen LogP) is 2.44. The Balaban J connectivity index is 2.51. The lowest BCUT2D eigenvalue weighted by atomic mass is 9.89. The fraction of sp³-hybridized carbons (Fsp3) is 0.455. The van der Waals surface area contributed by atoms with Gasteiger partial charge in [0, 0.05) is 18.7 Å². The molecule has 0 aromatic heterocycles. The molecule has 2 nitrogen and oxygen atoms in total. The molecular weight excluding hydrogens is 219 g/mol. The molecule has 0 saturated heterocycles. The Labute approximate surface area is 91.4 Å². The quantitative estimate of drug-likeness (QED) is 0.801. The van der Waals surface area contributed by atoms with Crippen molar-refractivity contribution < 1.29 is 17.9 Å². The minimum atomic E-state index is -4.24. The Morgan fingerprint density at radius 3 is 2.75 bits per heavy atom. The molecule has 1 heterocycles. The van der Waals surface area contributed by atoms with E-state index in [4.69, 9.17) is 4.74 Å². The predicted molar refractivity (Wildman–Crippen MR) is 53.5 cm³/mol. The summed E-state index contributed by atoms with van der Waals surface area (Å²) in [5.74, 6) is -1.16. The van der Waals surface area contributed by atoms with Gasteiger partial charge in [-0.1, -0.05) is 12.1 Å². The molecule has 0 radical (unpaired) electrons. The van der Waals surface area contributed by atoms with E-state index in [0.717, 1.165) is 0 Å². The summed E-state index contributed by atoms with van der Waals surface area (Å²) in [6.07, 6.45) is -4.24. The van der Waals surface area contributed by atoms with Crippen LogP contribution in [0.25, 0.3) is 0 Å². The summed E-state index contributed by atoms with van der Waals surface area (Å²) in [6, 6.07) is 4.98. The number of benzene rings is 1. The van der Waals surface area contributed by atoms with Gasteiger partial charge in [-0.25, -0.2) is 0 Å². The summed E-state index contributed by atoms with van der Waals surface area (Å²) in [6.45, 7) is 0.371. The van der Waals surface area contributed by atoms with Gasteiger partial charge >= 0.3 is 6.18 Å². The van der Waals surface area contributed by atoms with Crippen LogP contribution < -0.4 is 10.1 Å². The topological polar surface area (TPSA) is 21.3 Å². The maximum atomic E-state index is 12.8. The monoisotopic (exact) mass is 231 g/mol. The average molecular weight is 231 g/mol. The second kappa shape index (κ2) is 3.97. The molecule has 16 heavy (non-hydrogen) atoms. The SMILES string of the molecule is COc1cccc2c1C(C(F)(F)F)CNC2. The van der Waals surface area contributed by atoms with Crippen LogP contribution >= 0.6 is 0 Å². The highest BCUT2D eigenvalue weighted by atomic mass is 19.4. The van der Waals surface area contributed by atoms with Crippen LogP contribution in [0.2, 0.25) is 0 Å². The number of halogens is 3. The standard InChI is InChI=1S/C11H12F3NO/c1-16-9-4-2-3-7-5-15-6-8(10(7)9)11(12,13)14/h2-4,8,15H,5-6H2,1H3. The van der Waals surface area contributed by atoms with Gasteiger partial charge in [0.1, 0.15) is 5.75 Å². The van der Waals surface area contributed by atoms with Gasteiger partial charge in [0.2, 0.25) is 0 Å². The van der Waals surface area contributed by atoms with Crippen molar-refractivity contribution in [3.8, 4) is 5.75 Å². The lowest BCUT2D eigenvalue weighted by Gasteiger charge is -2.29. The molecule has 1 aliphatic rings. The number of nitrogens with one attached hydrogen (secondary N) is 1. The average Bonchev–Trinajstić information content (AvgIpc) is 2.26. The van der Waals surface area contributed by atoms with E-state index >= 15 is 0 Å². The normalized spacial score (nSPS) is 20.4. The van der Waals surface area contributed by atoms with E-state index in [2.05, 4.69) is 5.32 Å². The minimum absolute atomic E-state index is 0.0864. The zero-order valence-corrected chi connectivity index (χ0v) is 8.77. The summed E-state index contributed by atoms with van der Waals surface area (Å²) in [4.78, 5) is 0. The highest BCUT2D eigenvalue weighted by Crippen LogP contribution is 2.42. The van der Waals surface area contributed by atoms with Crippen molar-refractivity contribution in [1.82, 2.24) is 5.32 Å². The van der Waals surface area contributed by atoms with Gasteiger partial charge in [-0.3, -0.25) is 0 Å². The van der Waals surface area contributed by atoms with Crippen LogP contribution in [-0.2, 0) is 6.54 Å². The van der Waals surface area contributed by atoms with Crippen molar-refractivity contribution in [3.05, 3.63) is 29.3 Å². The van der Waals surface area contributed by atoms with Crippen LogP contribution in [0, 0.1) is 0 Å². The summed E-state index contributed by atoms with van der Waals surface area (Å²) >= 11 is 0. The second-order valence-electron chi connectivity index (χ2n) is 3.76. The first-order valence-corrected chi connectivity index (χ1v) is 4.97. The van der Waals surface area contributed by atoms with Crippen molar-refractivity contribution in [1.29, 1.82) is 0 Å². The van der Waals surface area contributed by atoms with Crippen LogP contribution in [0.4, 0.5) is 13.2 Å². The molecule has 0 bridgehead atoms. The first kappa shape index (κ1) is 11.3. The molecule has 1 aromatic rings. The molecule has 0 aliphatic carbocycles. The number of fused-ring (bicyclic) bond motifs is 1. The highest BCUT2D eigenvalue weighted by Gasteiger charge is 2.44. The number of ether oxygens (including phenoxy) is 1. The maximum absolute atomic E-state index is 12.8. The van der Waals surface area contributed by atoms with Gasteiger partial charge in [-0.15, -0.1) is 0 Å². The number of rotatable bonds is 1. The number of hydrogen-bond acceptors (Lipinski definition) is 2. The van der Waals surface area contributed by atoms with Crippen molar-refractivity contribution in [2.24, 2.45) is 0 Å². The summed E-state index contributed by atoms with van der Waals surface area (Å²) in [7, 11) is 1.39. The molecule has 1 unspecified atom stereocenters. The van der Waals surface area contributed by atoms with Crippen LogP contribution in [0.1, 0.15) is 17.0 Å². The zero-order chi connectivity index (χ0) is 11.8. The van der Waals surface area contributed by atoms with E-state index in [9.17, 15) is 13.2 Å². The molecule has 1 aromatic carbocycles. The Morgan fingerprint density at radius 1 is 1.38 bits per heavy atom. The van der Waals surface area contributed by atoms with E-state index < -0.39 is 12.1 Å². The number of alkyl halides is 3. The van der Waals surface area contributed by atoms with E-state index in [1.807, 2.05) is 0 Å². The van der Waals surface area contributed by atoms with E-state index in [1.54, 1.807) is 18.2 Å². The molecule has 0 amide bonds. The van der Waals surface area contributed by atoms with E-state index in [0.29, 0.717) is 17.9 Å². The second-order valence-corrected chi connectivity index (χ2v) is 3.76. The Morgan fingerprint density at radius 2 is 2.12 bits per heavy atom. The Kier molecular flexibility index (Phi) is 2.80. The van der Waals surface area contributed by atoms with Crippen LogP contribution in [0.5, 0.6) is 5.75 Å². The lowest BCUT2D eigenvalue weighted by molar-refractivity contribution is -0.151.